The summed E-state index contributed by atoms with van der Waals surface area (Å²) in [6.45, 7) is 5.86. The van der Waals surface area contributed by atoms with E-state index in [0.717, 1.165) is 11.1 Å². The number of ketones is 1. The van der Waals surface area contributed by atoms with Crippen molar-refractivity contribution in [3.63, 3.8) is 0 Å². The molecule has 0 atom stereocenters. The zero-order chi connectivity index (χ0) is 21.7. The number of ether oxygens (including phenoxy) is 2. The van der Waals surface area contributed by atoms with E-state index in [-0.39, 0.29) is 18.3 Å². The molecule has 0 aliphatic rings. The molecule has 0 radical (unpaired) electrons. The molecule has 0 bridgehead atoms. The van der Waals surface area contributed by atoms with Crippen LogP contribution in [0.4, 0.5) is 4.39 Å². The third-order valence-electron chi connectivity index (χ3n) is 4.59. The van der Waals surface area contributed by atoms with Crippen LogP contribution in [0.25, 0.3) is 0 Å². The minimum absolute atomic E-state index is 0.223. The van der Waals surface area contributed by atoms with Crippen molar-refractivity contribution < 1.29 is 23.5 Å². The van der Waals surface area contributed by atoms with Gasteiger partial charge in [-0.2, -0.15) is 0 Å². The quantitative estimate of drug-likeness (QED) is 0.296. The van der Waals surface area contributed by atoms with Crippen LogP contribution in [-0.2, 0) is 4.79 Å². The van der Waals surface area contributed by atoms with Crippen molar-refractivity contribution in [2.45, 2.75) is 26.7 Å². The maximum Gasteiger partial charge on any atom is 0.349 e. The molecule has 0 saturated heterocycles. The Bertz CT molecular complexity index is 1040. The summed E-state index contributed by atoms with van der Waals surface area (Å²) in [4.78, 5) is 24.6. The number of benzene rings is 3. The minimum Gasteiger partial charge on any atom is -0.482 e. The molecule has 0 aliphatic carbocycles. The van der Waals surface area contributed by atoms with Crippen LogP contribution < -0.4 is 9.47 Å². The molecule has 4 nitrogen and oxygen atoms in total. The van der Waals surface area contributed by atoms with E-state index < -0.39 is 11.8 Å². The van der Waals surface area contributed by atoms with Crippen molar-refractivity contribution in [3.8, 4) is 11.5 Å². The number of halogens is 1. The van der Waals surface area contributed by atoms with Gasteiger partial charge < -0.3 is 9.47 Å². The highest BCUT2D eigenvalue weighted by molar-refractivity contribution is 6.09. The number of aryl methyl sites for hydroxylation is 1. The lowest BCUT2D eigenvalue weighted by molar-refractivity contribution is -0.136. The monoisotopic (exact) mass is 406 g/mol. The maximum atomic E-state index is 13.0. The van der Waals surface area contributed by atoms with Crippen molar-refractivity contribution in [2.24, 2.45) is 0 Å². The van der Waals surface area contributed by atoms with Crippen LogP contribution in [0.5, 0.6) is 11.5 Å². The van der Waals surface area contributed by atoms with Gasteiger partial charge in [0.15, 0.2) is 12.4 Å². The lowest BCUT2D eigenvalue weighted by atomic mass is 10.0. The van der Waals surface area contributed by atoms with Gasteiger partial charge in [-0.15, -0.1) is 0 Å². The fraction of sp³-hybridized carbons (Fsp3) is 0.200. The Morgan fingerprint density at radius 3 is 2.10 bits per heavy atom. The number of hydrogen-bond donors (Lipinski definition) is 0. The Hall–Kier alpha value is -3.47. The molecule has 5 heteroatoms. The summed E-state index contributed by atoms with van der Waals surface area (Å²) >= 11 is 0. The van der Waals surface area contributed by atoms with Gasteiger partial charge in [-0.05, 0) is 78.6 Å². The Morgan fingerprint density at radius 1 is 0.900 bits per heavy atom. The molecular weight excluding hydrogens is 383 g/mol. The summed E-state index contributed by atoms with van der Waals surface area (Å²) in [6, 6.07) is 17.5. The SMILES string of the molecule is Cc1ccc(C(C)C)c(OCC(=O)Oc2ccc(C(=O)c3ccc(F)cc3)cc2)c1. The molecule has 0 fully saturated rings. The lowest BCUT2D eigenvalue weighted by Crippen LogP contribution is -2.18. The van der Waals surface area contributed by atoms with Gasteiger partial charge in [-0.3, -0.25) is 4.79 Å². The van der Waals surface area contributed by atoms with Crippen LogP contribution >= 0.6 is 0 Å². The highest BCUT2D eigenvalue weighted by Gasteiger charge is 2.13. The highest BCUT2D eigenvalue weighted by Crippen LogP contribution is 2.27. The Kier molecular flexibility index (Phi) is 6.62. The zero-order valence-electron chi connectivity index (χ0n) is 17.1. The predicted octanol–water partition coefficient (Wildman–Crippen LogP) is 5.47. The standard InChI is InChI=1S/C25H23FO4/c1-16(2)22-13-4-17(3)14-23(22)29-15-24(27)30-21-11-7-19(8-12-21)25(28)18-5-9-20(26)10-6-18/h4-14,16H,15H2,1-3H3. The van der Waals surface area contributed by atoms with Crippen molar-refractivity contribution in [1.29, 1.82) is 0 Å². The third-order valence-corrected chi connectivity index (χ3v) is 4.59. The Balaban J connectivity index is 1.60. The van der Waals surface area contributed by atoms with E-state index in [9.17, 15) is 14.0 Å². The maximum absolute atomic E-state index is 13.0. The van der Waals surface area contributed by atoms with Crippen LogP contribution in [0.3, 0.4) is 0 Å². The Morgan fingerprint density at radius 2 is 1.50 bits per heavy atom. The first-order valence-electron chi connectivity index (χ1n) is 9.68. The fourth-order valence-electron chi connectivity index (χ4n) is 2.98. The molecule has 3 aromatic carbocycles. The number of rotatable bonds is 7. The van der Waals surface area contributed by atoms with Crippen molar-refractivity contribution in [3.05, 3.63) is 94.8 Å². The molecule has 154 valence electrons. The second-order valence-corrected chi connectivity index (χ2v) is 7.32. The van der Waals surface area contributed by atoms with Gasteiger partial charge in [0.05, 0.1) is 0 Å². The first-order valence-corrected chi connectivity index (χ1v) is 9.68. The first kappa shape index (κ1) is 21.2. The summed E-state index contributed by atoms with van der Waals surface area (Å²) in [7, 11) is 0. The van der Waals surface area contributed by atoms with Gasteiger partial charge in [-0.1, -0.05) is 26.0 Å². The molecule has 30 heavy (non-hydrogen) atoms. The summed E-state index contributed by atoms with van der Waals surface area (Å²) in [6.07, 6.45) is 0. The average molecular weight is 406 g/mol. The van der Waals surface area contributed by atoms with Crippen molar-refractivity contribution in [2.75, 3.05) is 6.61 Å². The van der Waals surface area contributed by atoms with Crippen molar-refractivity contribution >= 4 is 11.8 Å². The van der Waals surface area contributed by atoms with Crippen LogP contribution in [0.2, 0.25) is 0 Å². The summed E-state index contributed by atoms with van der Waals surface area (Å²) in [5.41, 5.74) is 2.87. The minimum atomic E-state index is -0.538. The van der Waals surface area contributed by atoms with Gasteiger partial charge in [0.1, 0.15) is 17.3 Å². The third kappa shape index (κ3) is 5.32. The number of carbonyl (C=O) groups is 2. The average Bonchev–Trinajstić information content (AvgIpc) is 2.72. The molecule has 0 spiro atoms. The lowest BCUT2D eigenvalue weighted by Gasteiger charge is -2.14. The molecule has 0 aromatic heterocycles. The molecule has 3 aromatic rings. The van der Waals surface area contributed by atoms with Crippen molar-refractivity contribution in [1.82, 2.24) is 0 Å². The molecule has 0 saturated carbocycles. The van der Waals surface area contributed by atoms with E-state index in [1.807, 2.05) is 25.1 Å². The van der Waals surface area contributed by atoms with Gasteiger partial charge >= 0.3 is 5.97 Å². The van der Waals surface area contributed by atoms with E-state index in [2.05, 4.69) is 13.8 Å². The van der Waals surface area contributed by atoms with Crippen LogP contribution in [-0.4, -0.2) is 18.4 Å². The Labute approximate surface area is 175 Å². The molecule has 3 rings (SSSR count). The van der Waals surface area contributed by atoms with E-state index in [4.69, 9.17) is 9.47 Å². The normalized spacial score (nSPS) is 10.7. The van der Waals surface area contributed by atoms with Crippen LogP contribution in [0, 0.1) is 12.7 Å². The number of hydrogen-bond acceptors (Lipinski definition) is 4. The molecule has 0 amide bonds. The van der Waals surface area contributed by atoms with E-state index in [1.165, 1.54) is 24.3 Å². The summed E-state index contributed by atoms with van der Waals surface area (Å²) in [5, 5.41) is 0. The molecule has 0 aliphatic heterocycles. The van der Waals surface area contributed by atoms with Gasteiger partial charge in [0.2, 0.25) is 0 Å². The second-order valence-electron chi connectivity index (χ2n) is 7.32. The first-order chi connectivity index (χ1) is 14.3. The van der Waals surface area contributed by atoms with E-state index >= 15 is 0 Å². The van der Waals surface area contributed by atoms with E-state index in [1.54, 1.807) is 24.3 Å². The fourth-order valence-corrected chi connectivity index (χ4v) is 2.98. The van der Waals surface area contributed by atoms with Gasteiger partial charge in [-0.25, -0.2) is 9.18 Å². The number of esters is 1. The van der Waals surface area contributed by atoms with Crippen LogP contribution in [0.1, 0.15) is 46.8 Å². The smallest absolute Gasteiger partial charge is 0.349 e. The molecule has 0 unspecified atom stereocenters. The predicted molar refractivity (Wildman–Crippen MR) is 113 cm³/mol. The molecule has 0 N–H and O–H groups in total. The molecule has 0 heterocycles. The summed E-state index contributed by atoms with van der Waals surface area (Å²) < 4.78 is 24.0. The summed E-state index contributed by atoms with van der Waals surface area (Å²) in [5.74, 6) is 0.0699. The zero-order valence-corrected chi connectivity index (χ0v) is 17.1. The van der Waals surface area contributed by atoms with Gasteiger partial charge in [0, 0.05) is 11.1 Å². The second kappa shape index (κ2) is 9.35. The topological polar surface area (TPSA) is 52.6 Å². The highest BCUT2D eigenvalue weighted by atomic mass is 19.1. The van der Waals surface area contributed by atoms with Gasteiger partial charge in [0.25, 0.3) is 0 Å². The molecular formula is C25H23FO4. The van der Waals surface area contributed by atoms with E-state index in [0.29, 0.717) is 22.6 Å². The van der Waals surface area contributed by atoms with Crippen LogP contribution in [0.15, 0.2) is 66.7 Å². The largest absolute Gasteiger partial charge is 0.482 e. The number of carbonyl (C=O) groups excluding carboxylic acids is 2.